The van der Waals surface area contributed by atoms with E-state index < -0.39 is 0 Å². The fourth-order valence-corrected chi connectivity index (χ4v) is 2.68. The van der Waals surface area contributed by atoms with Crippen LogP contribution in [0, 0.1) is 6.92 Å². The predicted molar refractivity (Wildman–Crippen MR) is 87.8 cm³/mol. The Labute approximate surface area is 129 Å². The molecule has 110 valence electrons. The highest BCUT2D eigenvalue weighted by molar-refractivity contribution is 7.99. The van der Waals surface area contributed by atoms with Crippen LogP contribution >= 0.6 is 11.8 Å². The van der Waals surface area contributed by atoms with Gasteiger partial charge in [0, 0.05) is 16.2 Å². The molecule has 0 aliphatic heterocycles. The maximum Gasteiger partial charge on any atom is 0.128 e. The van der Waals surface area contributed by atoms with Crippen molar-refractivity contribution in [1.29, 1.82) is 0 Å². The molecule has 2 aromatic rings. The quantitative estimate of drug-likeness (QED) is 0.283. The summed E-state index contributed by atoms with van der Waals surface area (Å²) in [7, 11) is 0. The van der Waals surface area contributed by atoms with Gasteiger partial charge in [-0.05, 0) is 43.7 Å². The van der Waals surface area contributed by atoms with Crippen molar-refractivity contribution in [2.24, 2.45) is 5.16 Å². The van der Waals surface area contributed by atoms with Crippen LogP contribution < -0.4 is 4.74 Å². The number of benzene rings is 2. The van der Waals surface area contributed by atoms with Gasteiger partial charge in [0.2, 0.25) is 0 Å². The van der Waals surface area contributed by atoms with E-state index in [4.69, 9.17) is 9.94 Å². The zero-order chi connectivity index (χ0) is 15.1. The number of aryl methyl sites for hydroxylation is 1. The molecule has 0 amide bonds. The van der Waals surface area contributed by atoms with Crippen LogP contribution in [0.2, 0.25) is 0 Å². The van der Waals surface area contributed by atoms with Gasteiger partial charge in [0.1, 0.15) is 5.75 Å². The topological polar surface area (TPSA) is 41.8 Å². The third-order valence-corrected chi connectivity index (χ3v) is 4.01. The summed E-state index contributed by atoms with van der Waals surface area (Å²) in [6.45, 7) is 4.38. The van der Waals surface area contributed by atoms with Gasteiger partial charge in [0.25, 0.3) is 0 Å². The Kier molecular flexibility index (Phi) is 5.69. The molecule has 3 nitrogen and oxygen atoms in total. The van der Waals surface area contributed by atoms with Gasteiger partial charge in [-0.2, -0.15) is 0 Å². The second-order valence-corrected chi connectivity index (χ2v) is 5.86. The lowest BCUT2D eigenvalue weighted by molar-refractivity contribution is 0.317. The average Bonchev–Trinajstić information content (AvgIpc) is 2.52. The lowest BCUT2D eigenvalue weighted by Crippen LogP contribution is -2.05. The summed E-state index contributed by atoms with van der Waals surface area (Å²) in [5.41, 5.74) is 2.50. The highest BCUT2D eigenvalue weighted by Crippen LogP contribution is 2.22. The molecule has 0 unspecified atom stereocenters. The summed E-state index contributed by atoms with van der Waals surface area (Å²) in [5, 5.41) is 12.2. The normalized spacial score (nSPS) is 11.4. The van der Waals surface area contributed by atoms with E-state index in [9.17, 15) is 0 Å². The van der Waals surface area contributed by atoms with Crippen molar-refractivity contribution >= 4 is 17.5 Å². The molecule has 0 aliphatic carbocycles. The van der Waals surface area contributed by atoms with E-state index in [1.54, 1.807) is 18.7 Å². The summed E-state index contributed by atoms with van der Waals surface area (Å²) in [5.74, 6) is 1.63. The van der Waals surface area contributed by atoms with E-state index in [1.165, 1.54) is 4.90 Å². The number of oxime groups is 1. The van der Waals surface area contributed by atoms with Crippen molar-refractivity contribution in [3.05, 3.63) is 59.7 Å². The van der Waals surface area contributed by atoms with Gasteiger partial charge in [-0.15, -0.1) is 11.8 Å². The summed E-state index contributed by atoms with van der Waals surface area (Å²) in [6.07, 6.45) is 0. The van der Waals surface area contributed by atoms with E-state index >= 15 is 0 Å². The number of ether oxygens (including phenoxy) is 1. The molecule has 0 bridgehead atoms. The SMILES string of the molecule is CC(=NO)c1ccc(C)cc1OCCSc1ccccc1. The van der Waals surface area contributed by atoms with Crippen LogP contribution in [-0.4, -0.2) is 23.3 Å². The zero-order valence-corrected chi connectivity index (χ0v) is 13.1. The van der Waals surface area contributed by atoms with E-state index in [2.05, 4.69) is 17.3 Å². The summed E-state index contributed by atoms with van der Waals surface area (Å²) in [4.78, 5) is 1.23. The lowest BCUT2D eigenvalue weighted by atomic mass is 10.1. The van der Waals surface area contributed by atoms with Crippen molar-refractivity contribution in [3.8, 4) is 5.75 Å². The van der Waals surface area contributed by atoms with Crippen LogP contribution in [0.5, 0.6) is 5.75 Å². The van der Waals surface area contributed by atoms with E-state index in [0.717, 1.165) is 22.6 Å². The molecular formula is C17H19NO2S. The minimum atomic E-state index is 0.556. The molecular weight excluding hydrogens is 282 g/mol. The minimum absolute atomic E-state index is 0.556. The maximum atomic E-state index is 8.93. The molecule has 0 saturated carbocycles. The number of hydrogen-bond donors (Lipinski definition) is 1. The van der Waals surface area contributed by atoms with E-state index in [0.29, 0.717) is 12.3 Å². The lowest BCUT2D eigenvalue weighted by Gasteiger charge is -2.11. The fourth-order valence-electron chi connectivity index (χ4n) is 1.93. The average molecular weight is 301 g/mol. The molecule has 0 saturated heterocycles. The second-order valence-electron chi connectivity index (χ2n) is 4.69. The van der Waals surface area contributed by atoms with Crippen LogP contribution in [0.25, 0.3) is 0 Å². The zero-order valence-electron chi connectivity index (χ0n) is 12.2. The Bertz CT molecular complexity index is 611. The number of thioether (sulfide) groups is 1. The maximum absolute atomic E-state index is 8.93. The molecule has 0 radical (unpaired) electrons. The first-order valence-electron chi connectivity index (χ1n) is 6.81. The fraction of sp³-hybridized carbons (Fsp3) is 0.235. The number of rotatable bonds is 6. The number of hydrogen-bond acceptors (Lipinski definition) is 4. The monoisotopic (exact) mass is 301 g/mol. The molecule has 21 heavy (non-hydrogen) atoms. The Morgan fingerprint density at radius 3 is 2.67 bits per heavy atom. The molecule has 4 heteroatoms. The second kappa shape index (κ2) is 7.74. The van der Waals surface area contributed by atoms with Gasteiger partial charge in [-0.3, -0.25) is 0 Å². The van der Waals surface area contributed by atoms with Crippen molar-refractivity contribution in [1.82, 2.24) is 0 Å². The Balaban J connectivity index is 1.95. The molecule has 0 spiro atoms. The minimum Gasteiger partial charge on any atom is -0.492 e. The molecule has 0 fully saturated rings. The first-order chi connectivity index (χ1) is 10.2. The molecule has 1 N–H and O–H groups in total. The van der Waals surface area contributed by atoms with Gasteiger partial charge >= 0.3 is 0 Å². The Hall–Kier alpha value is -1.94. The van der Waals surface area contributed by atoms with Gasteiger partial charge < -0.3 is 9.94 Å². The molecule has 0 aliphatic rings. The first-order valence-corrected chi connectivity index (χ1v) is 7.79. The van der Waals surface area contributed by atoms with Gasteiger partial charge in [-0.25, -0.2) is 0 Å². The van der Waals surface area contributed by atoms with E-state index in [1.807, 2.05) is 43.3 Å². The van der Waals surface area contributed by atoms with Crippen molar-refractivity contribution < 1.29 is 9.94 Å². The van der Waals surface area contributed by atoms with E-state index in [-0.39, 0.29) is 0 Å². The Morgan fingerprint density at radius 2 is 1.95 bits per heavy atom. The van der Waals surface area contributed by atoms with Crippen LogP contribution in [0.3, 0.4) is 0 Å². The van der Waals surface area contributed by atoms with Crippen molar-refractivity contribution in [2.75, 3.05) is 12.4 Å². The standard InChI is InChI=1S/C17H19NO2S/c1-13-8-9-16(14(2)18-19)17(12-13)20-10-11-21-15-6-4-3-5-7-15/h3-9,12,19H,10-11H2,1-2H3. The number of nitrogens with zero attached hydrogens (tertiary/aromatic N) is 1. The van der Waals surface area contributed by atoms with Crippen LogP contribution in [-0.2, 0) is 0 Å². The van der Waals surface area contributed by atoms with Crippen molar-refractivity contribution in [2.45, 2.75) is 18.7 Å². The predicted octanol–water partition coefficient (Wildman–Crippen LogP) is 4.36. The summed E-state index contributed by atoms with van der Waals surface area (Å²) < 4.78 is 5.85. The van der Waals surface area contributed by atoms with Crippen LogP contribution in [0.1, 0.15) is 18.1 Å². The highest BCUT2D eigenvalue weighted by Gasteiger charge is 2.07. The molecule has 2 rings (SSSR count). The molecule has 0 aromatic heterocycles. The summed E-state index contributed by atoms with van der Waals surface area (Å²) >= 11 is 1.76. The summed E-state index contributed by atoms with van der Waals surface area (Å²) in [6, 6.07) is 16.1. The Morgan fingerprint density at radius 1 is 1.19 bits per heavy atom. The molecule has 2 aromatic carbocycles. The van der Waals surface area contributed by atoms with Crippen LogP contribution in [0.15, 0.2) is 58.6 Å². The van der Waals surface area contributed by atoms with Crippen molar-refractivity contribution in [3.63, 3.8) is 0 Å². The highest BCUT2D eigenvalue weighted by atomic mass is 32.2. The van der Waals surface area contributed by atoms with Gasteiger partial charge in [0.05, 0.1) is 12.3 Å². The van der Waals surface area contributed by atoms with Gasteiger partial charge in [-0.1, -0.05) is 29.4 Å². The first kappa shape index (κ1) is 15.4. The smallest absolute Gasteiger partial charge is 0.128 e. The third kappa shape index (κ3) is 4.53. The third-order valence-electron chi connectivity index (χ3n) is 3.03. The molecule has 0 heterocycles. The van der Waals surface area contributed by atoms with Gasteiger partial charge in [0.15, 0.2) is 0 Å². The molecule has 0 atom stereocenters. The largest absolute Gasteiger partial charge is 0.492 e. The van der Waals surface area contributed by atoms with Crippen LogP contribution in [0.4, 0.5) is 0 Å².